The average Bonchev–Trinajstić information content (AvgIpc) is 3.21. The van der Waals surface area contributed by atoms with Crippen LogP contribution in [0.1, 0.15) is 16.7 Å². The minimum atomic E-state index is 0.556. The smallest absolute Gasteiger partial charge is 0.0991 e. The van der Waals surface area contributed by atoms with Crippen LogP contribution in [-0.2, 0) is 13.0 Å². The van der Waals surface area contributed by atoms with Crippen molar-refractivity contribution in [2.45, 2.75) is 13.0 Å². The summed E-state index contributed by atoms with van der Waals surface area (Å²) in [4.78, 5) is 2.42. The molecule has 0 amide bonds. The lowest BCUT2D eigenvalue weighted by molar-refractivity contribution is 0.413. The molecule has 1 aliphatic rings. The summed E-state index contributed by atoms with van der Waals surface area (Å²) in [6.07, 6.45) is 1.09. The fourth-order valence-electron chi connectivity index (χ4n) is 4.31. The molecule has 1 saturated heterocycles. The summed E-state index contributed by atoms with van der Waals surface area (Å²) in [7, 11) is 0. The van der Waals surface area contributed by atoms with E-state index in [0.717, 1.165) is 48.9 Å². The van der Waals surface area contributed by atoms with Crippen molar-refractivity contribution in [3.63, 3.8) is 0 Å². The van der Waals surface area contributed by atoms with Gasteiger partial charge in [0.25, 0.3) is 0 Å². The number of nitrogens with one attached hydrogen (secondary N) is 1. The zero-order valence-corrected chi connectivity index (χ0v) is 17.7. The minimum Gasteiger partial charge on any atom is -0.367 e. The fourth-order valence-corrected chi connectivity index (χ4v) is 4.44. The van der Waals surface area contributed by atoms with Crippen LogP contribution in [0.2, 0.25) is 5.02 Å². The maximum atomic E-state index is 9.26. The van der Waals surface area contributed by atoms with Crippen LogP contribution in [0, 0.1) is 23.2 Å². The Kier molecular flexibility index (Phi) is 6.69. The van der Waals surface area contributed by atoms with E-state index in [1.54, 1.807) is 0 Å². The van der Waals surface area contributed by atoms with E-state index in [4.69, 9.17) is 11.6 Å². The molecule has 0 unspecified atom stereocenters. The van der Waals surface area contributed by atoms with Crippen LogP contribution < -0.4 is 10.2 Å². The van der Waals surface area contributed by atoms with Crippen LogP contribution in [-0.4, -0.2) is 19.6 Å². The van der Waals surface area contributed by atoms with Crippen LogP contribution >= 0.6 is 11.6 Å². The van der Waals surface area contributed by atoms with Crippen LogP contribution in [0.25, 0.3) is 0 Å². The average molecular weight is 416 g/mol. The van der Waals surface area contributed by atoms with E-state index < -0.39 is 0 Å². The summed E-state index contributed by atoms with van der Waals surface area (Å²) in [5, 5.41) is 13.6. The molecular weight excluding hydrogens is 390 g/mol. The third-order valence-electron chi connectivity index (χ3n) is 5.90. The Bertz CT molecular complexity index is 995. The zero-order chi connectivity index (χ0) is 20.8. The van der Waals surface area contributed by atoms with E-state index in [2.05, 4.69) is 64.8 Å². The Hall–Kier alpha value is -2.80. The molecule has 3 aromatic rings. The van der Waals surface area contributed by atoms with Crippen molar-refractivity contribution in [3.8, 4) is 6.07 Å². The Labute approximate surface area is 183 Å². The Morgan fingerprint density at radius 3 is 2.40 bits per heavy atom. The third kappa shape index (κ3) is 5.21. The van der Waals surface area contributed by atoms with Crippen molar-refractivity contribution in [1.29, 1.82) is 5.26 Å². The Balaban J connectivity index is 1.54. The number of halogens is 1. The standard InChI is InChI=1S/C26H26ClN3/c27-25-9-11-26(12-10-25)30(18-22-8-4-7-21(13-22)15-28)19-24-17-29-16-23(24)14-20-5-2-1-3-6-20/h1-13,23-24,29H,14,16-19H2/t23-,24+/m0/s1. The highest BCUT2D eigenvalue weighted by Crippen LogP contribution is 2.27. The van der Waals surface area contributed by atoms with Crippen molar-refractivity contribution in [3.05, 3.63) is 101 Å². The lowest BCUT2D eigenvalue weighted by Gasteiger charge is -2.30. The van der Waals surface area contributed by atoms with Gasteiger partial charge in [-0.2, -0.15) is 5.26 Å². The maximum Gasteiger partial charge on any atom is 0.0991 e. The second kappa shape index (κ2) is 9.80. The predicted molar refractivity (Wildman–Crippen MR) is 124 cm³/mol. The third-order valence-corrected chi connectivity index (χ3v) is 6.15. The summed E-state index contributed by atoms with van der Waals surface area (Å²) in [6, 6.07) is 29.0. The van der Waals surface area contributed by atoms with Gasteiger partial charge in [-0.1, -0.05) is 54.1 Å². The quantitative estimate of drug-likeness (QED) is 0.569. The van der Waals surface area contributed by atoms with Gasteiger partial charge in [0.15, 0.2) is 0 Å². The molecule has 1 fully saturated rings. The molecule has 1 heterocycles. The molecule has 4 heteroatoms. The van der Waals surface area contributed by atoms with Gasteiger partial charge in [0.1, 0.15) is 0 Å². The zero-order valence-electron chi connectivity index (χ0n) is 17.0. The van der Waals surface area contributed by atoms with E-state index >= 15 is 0 Å². The number of nitrogens with zero attached hydrogens (tertiary/aromatic N) is 2. The van der Waals surface area contributed by atoms with E-state index in [0.29, 0.717) is 17.4 Å². The first-order chi connectivity index (χ1) is 14.7. The molecule has 2 atom stereocenters. The van der Waals surface area contributed by atoms with Gasteiger partial charge < -0.3 is 10.2 Å². The molecular formula is C26H26ClN3. The monoisotopic (exact) mass is 415 g/mol. The largest absolute Gasteiger partial charge is 0.367 e. The molecule has 0 aliphatic carbocycles. The summed E-state index contributed by atoms with van der Waals surface area (Å²) in [5.41, 5.74) is 4.41. The number of anilines is 1. The molecule has 0 saturated carbocycles. The maximum absolute atomic E-state index is 9.26. The van der Waals surface area contributed by atoms with Crippen LogP contribution in [0.5, 0.6) is 0 Å². The van der Waals surface area contributed by atoms with Crippen molar-refractivity contribution in [2.24, 2.45) is 11.8 Å². The highest BCUT2D eigenvalue weighted by Gasteiger charge is 2.29. The second-order valence-corrected chi connectivity index (χ2v) is 8.47. The lowest BCUT2D eigenvalue weighted by Crippen LogP contribution is -2.33. The highest BCUT2D eigenvalue weighted by atomic mass is 35.5. The molecule has 0 radical (unpaired) electrons. The molecule has 0 aromatic heterocycles. The molecule has 3 aromatic carbocycles. The Morgan fingerprint density at radius 1 is 0.900 bits per heavy atom. The van der Waals surface area contributed by atoms with Crippen molar-refractivity contribution in [1.82, 2.24) is 5.32 Å². The predicted octanol–water partition coefficient (Wildman–Crippen LogP) is 5.30. The van der Waals surface area contributed by atoms with Crippen LogP contribution in [0.15, 0.2) is 78.9 Å². The van der Waals surface area contributed by atoms with E-state index in [-0.39, 0.29) is 0 Å². The minimum absolute atomic E-state index is 0.556. The summed E-state index contributed by atoms with van der Waals surface area (Å²) >= 11 is 6.14. The van der Waals surface area contributed by atoms with Gasteiger partial charge in [0, 0.05) is 23.8 Å². The second-order valence-electron chi connectivity index (χ2n) is 8.04. The molecule has 1 aliphatic heterocycles. The number of benzene rings is 3. The first-order valence-electron chi connectivity index (χ1n) is 10.5. The molecule has 152 valence electrons. The molecule has 4 rings (SSSR count). The number of nitriles is 1. The van der Waals surface area contributed by atoms with Crippen LogP contribution in [0.4, 0.5) is 5.69 Å². The normalized spacial score (nSPS) is 18.1. The topological polar surface area (TPSA) is 39.1 Å². The fraction of sp³-hybridized carbons (Fsp3) is 0.269. The molecule has 1 N–H and O–H groups in total. The number of hydrogen-bond acceptors (Lipinski definition) is 3. The first-order valence-corrected chi connectivity index (χ1v) is 10.8. The van der Waals surface area contributed by atoms with Crippen molar-refractivity contribution >= 4 is 17.3 Å². The van der Waals surface area contributed by atoms with Gasteiger partial charge in [-0.25, -0.2) is 0 Å². The molecule has 3 nitrogen and oxygen atoms in total. The van der Waals surface area contributed by atoms with Crippen molar-refractivity contribution in [2.75, 3.05) is 24.5 Å². The van der Waals surface area contributed by atoms with Gasteiger partial charge >= 0.3 is 0 Å². The van der Waals surface area contributed by atoms with Gasteiger partial charge in [-0.05, 0) is 78.9 Å². The Morgan fingerprint density at radius 2 is 1.63 bits per heavy atom. The van der Waals surface area contributed by atoms with Gasteiger partial charge in [0.05, 0.1) is 11.6 Å². The SMILES string of the molecule is N#Cc1cccc(CN(C[C@H]2CNC[C@@H]2Cc2ccccc2)c2ccc(Cl)cc2)c1. The van der Waals surface area contributed by atoms with Crippen LogP contribution in [0.3, 0.4) is 0 Å². The summed E-state index contributed by atoms with van der Waals surface area (Å²) in [5.74, 6) is 1.16. The molecule has 0 bridgehead atoms. The van der Waals surface area contributed by atoms with E-state index in [9.17, 15) is 5.26 Å². The number of hydrogen-bond donors (Lipinski definition) is 1. The van der Waals surface area contributed by atoms with Crippen molar-refractivity contribution < 1.29 is 0 Å². The van der Waals surface area contributed by atoms with Gasteiger partial charge in [0.2, 0.25) is 0 Å². The van der Waals surface area contributed by atoms with E-state index in [1.807, 2.05) is 30.3 Å². The first kappa shape index (κ1) is 20.5. The molecule has 30 heavy (non-hydrogen) atoms. The summed E-state index contributed by atoms with van der Waals surface area (Å²) < 4.78 is 0. The lowest BCUT2D eigenvalue weighted by atomic mass is 9.89. The van der Waals surface area contributed by atoms with Gasteiger partial charge in [-0.3, -0.25) is 0 Å². The van der Waals surface area contributed by atoms with E-state index in [1.165, 1.54) is 5.56 Å². The highest BCUT2D eigenvalue weighted by molar-refractivity contribution is 6.30. The van der Waals surface area contributed by atoms with Gasteiger partial charge in [-0.15, -0.1) is 0 Å². The molecule has 0 spiro atoms. The summed E-state index contributed by atoms with van der Waals surface area (Å²) in [6.45, 7) is 3.81. The number of rotatable bonds is 7.